The van der Waals surface area contributed by atoms with Gasteiger partial charge in [-0.1, -0.05) is 28.9 Å². The summed E-state index contributed by atoms with van der Waals surface area (Å²) in [5, 5.41) is 16.7. The Morgan fingerprint density at radius 2 is 1.92 bits per heavy atom. The second-order valence-corrected chi connectivity index (χ2v) is 5.61. The van der Waals surface area contributed by atoms with Gasteiger partial charge in [-0.2, -0.15) is 9.78 Å². The second kappa shape index (κ2) is 6.40. The summed E-state index contributed by atoms with van der Waals surface area (Å²) in [4.78, 5) is 5.61. The van der Waals surface area contributed by atoms with Crippen LogP contribution in [0.2, 0.25) is 5.02 Å². The van der Waals surface area contributed by atoms with E-state index in [-0.39, 0.29) is 12.4 Å². The monoisotopic (exact) mass is 356 g/mol. The number of halogens is 2. The largest absolute Gasteiger partial charge is 0.334 e. The van der Waals surface area contributed by atoms with Crippen molar-refractivity contribution < 1.29 is 8.91 Å². The smallest absolute Gasteiger partial charge is 0.257 e. The fourth-order valence-corrected chi connectivity index (χ4v) is 2.40. The highest BCUT2D eigenvalue weighted by Gasteiger charge is 2.12. The van der Waals surface area contributed by atoms with Crippen molar-refractivity contribution in [3.8, 4) is 22.8 Å². The molecule has 124 valence electrons. The zero-order chi connectivity index (χ0) is 17.2. The predicted molar refractivity (Wildman–Crippen MR) is 87.1 cm³/mol. The Labute approximate surface area is 146 Å². The van der Waals surface area contributed by atoms with Crippen LogP contribution in [0.1, 0.15) is 5.82 Å². The summed E-state index contributed by atoms with van der Waals surface area (Å²) >= 11 is 5.96. The SMILES string of the molecule is Fc1ccc(-c2nc(Cn3nnc(-c4cccc(Cl)c4)n3)no2)cc1. The molecule has 0 radical (unpaired) electrons. The quantitative estimate of drug-likeness (QED) is 0.558. The van der Waals surface area contributed by atoms with E-state index in [1.807, 2.05) is 12.1 Å². The van der Waals surface area contributed by atoms with Crippen LogP contribution >= 0.6 is 11.6 Å². The fraction of sp³-hybridized carbons (Fsp3) is 0.0625. The number of hydrogen-bond donors (Lipinski definition) is 0. The van der Waals surface area contributed by atoms with E-state index in [0.29, 0.717) is 28.1 Å². The van der Waals surface area contributed by atoms with Gasteiger partial charge in [-0.25, -0.2) is 4.39 Å². The molecule has 0 aliphatic rings. The van der Waals surface area contributed by atoms with E-state index in [2.05, 4.69) is 25.6 Å². The van der Waals surface area contributed by atoms with Crippen LogP contribution in [0, 0.1) is 5.82 Å². The van der Waals surface area contributed by atoms with Crippen molar-refractivity contribution >= 4 is 11.6 Å². The molecule has 0 aliphatic carbocycles. The molecule has 0 saturated heterocycles. The van der Waals surface area contributed by atoms with Crippen molar-refractivity contribution in [3.63, 3.8) is 0 Å². The summed E-state index contributed by atoms with van der Waals surface area (Å²) in [6.45, 7) is 0.193. The lowest BCUT2D eigenvalue weighted by Gasteiger charge is -1.95. The Morgan fingerprint density at radius 1 is 1.08 bits per heavy atom. The lowest BCUT2D eigenvalue weighted by Crippen LogP contribution is -2.05. The molecule has 2 aromatic heterocycles. The van der Waals surface area contributed by atoms with Gasteiger partial charge in [0, 0.05) is 16.1 Å². The Kier molecular flexibility index (Phi) is 3.95. The lowest BCUT2D eigenvalue weighted by molar-refractivity contribution is 0.415. The number of nitrogens with zero attached hydrogens (tertiary/aromatic N) is 6. The summed E-state index contributed by atoms with van der Waals surface area (Å²) in [7, 11) is 0. The molecule has 9 heteroatoms. The normalized spacial score (nSPS) is 11.0. The van der Waals surface area contributed by atoms with E-state index in [1.54, 1.807) is 24.3 Å². The average Bonchev–Trinajstić information content (AvgIpc) is 3.26. The minimum atomic E-state index is -0.330. The van der Waals surface area contributed by atoms with Gasteiger partial charge < -0.3 is 4.52 Å². The third-order valence-corrected chi connectivity index (χ3v) is 3.61. The zero-order valence-electron chi connectivity index (χ0n) is 12.7. The van der Waals surface area contributed by atoms with Crippen molar-refractivity contribution in [1.29, 1.82) is 0 Å². The molecule has 0 bridgehead atoms. The third-order valence-electron chi connectivity index (χ3n) is 3.38. The van der Waals surface area contributed by atoms with E-state index in [9.17, 15) is 4.39 Å². The Bertz CT molecular complexity index is 1010. The van der Waals surface area contributed by atoms with Crippen LogP contribution in [0.5, 0.6) is 0 Å². The van der Waals surface area contributed by atoms with Crippen molar-refractivity contribution in [2.24, 2.45) is 0 Å². The van der Waals surface area contributed by atoms with Gasteiger partial charge in [0.1, 0.15) is 12.4 Å². The molecule has 0 aliphatic heterocycles. The highest BCUT2D eigenvalue weighted by Crippen LogP contribution is 2.19. The topological polar surface area (TPSA) is 82.5 Å². The molecule has 0 N–H and O–H groups in total. The maximum absolute atomic E-state index is 13.0. The molecular formula is C16H10ClFN6O. The summed E-state index contributed by atoms with van der Waals surface area (Å²) in [5.74, 6) is 0.799. The summed E-state index contributed by atoms with van der Waals surface area (Å²) in [6, 6.07) is 13.0. The van der Waals surface area contributed by atoms with Crippen molar-refractivity contribution in [2.75, 3.05) is 0 Å². The number of hydrogen-bond acceptors (Lipinski definition) is 6. The average molecular weight is 357 g/mol. The molecule has 0 unspecified atom stereocenters. The lowest BCUT2D eigenvalue weighted by atomic mass is 10.2. The van der Waals surface area contributed by atoms with Crippen LogP contribution in [0.3, 0.4) is 0 Å². The van der Waals surface area contributed by atoms with Crippen molar-refractivity contribution in [2.45, 2.75) is 6.54 Å². The number of tetrazole rings is 1. The molecular weight excluding hydrogens is 347 g/mol. The van der Waals surface area contributed by atoms with E-state index in [0.717, 1.165) is 5.56 Å². The van der Waals surface area contributed by atoms with Crippen LogP contribution in [0.25, 0.3) is 22.8 Å². The van der Waals surface area contributed by atoms with Crippen LogP contribution in [-0.4, -0.2) is 30.3 Å². The molecule has 2 heterocycles. The molecule has 0 amide bonds. The van der Waals surface area contributed by atoms with Gasteiger partial charge >= 0.3 is 0 Å². The van der Waals surface area contributed by atoms with Gasteiger partial charge in [0.25, 0.3) is 5.89 Å². The summed E-state index contributed by atoms with van der Waals surface area (Å²) in [6.07, 6.45) is 0. The molecule has 0 fully saturated rings. The number of rotatable bonds is 4. The van der Waals surface area contributed by atoms with Gasteiger partial charge in [0.2, 0.25) is 5.82 Å². The number of aromatic nitrogens is 6. The third kappa shape index (κ3) is 3.38. The zero-order valence-corrected chi connectivity index (χ0v) is 13.4. The first-order valence-electron chi connectivity index (χ1n) is 7.30. The Hall–Kier alpha value is -3.13. The molecule has 0 atom stereocenters. The van der Waals surface area contributed by atoms with Gasteiger partial charge in [0.05, 0.1) is 0 Å². The number of benzene rings is 2. The molecule has 7 nitrogen and oxygen atoms in total. The first kappa shape index (κ1) is 15.4. The van der Waals surface area contributed by atoms with E-state index >= 15 is 0 Å². The summed E-state index contributed by atoms with van der Waals surface area (Å²) in [5.41, 5.74) is 1.39. The molecule has 0 spiro atoms. The van der Waals surface area contributed by atoms with E-state index in [4.69, 9.17) is 16.1 Å². The molecule has 0 saturated carbocycles. The summed E-state index contributed by atoms with van der Waals surface area (Å²) < 4.78 is 18.1. The molecule has 25 heavy (non-hydrogen) atoms. The van der Waals surface area contributed by atoms with Crippen molar-refractivity contribution in [1.82, 2.24) is 30.3 Å². The van der Waals surface area contributed by atoms with Crippen LogP contribution in [0.15, 0.2) is 53.1 Å². The predicted octanol–water partition coefficient (Wildman–Crippen LogP) is 3.23. The van der Waals surface area contributed by atoms with E-state index in [1.165, 1.54) is 16.9 Å². The molecule has 4 aromatic rings. The van der Waals surface area contributed by atoms with Gasteiger partial charge in [-0.15, -0.1) is 10.2 Å². The van der Waals surface area contributed by atoms with Gasteiger partial charge in [0.15, 0.2) is 5.82 Å². The maximum Gasteiger partial charge on any atom is 0.257 e. The minimum Gasteiger partial charge on any atom is -0.334 e. The molecule has 2 aromatic carbocycles. The Morgan fingerprint density at radius 3 is 2.72 bits per heavy atom. The van der Waals surface area contributed by atoms with Crippen LogP contribution < -0.4 is 0 Å². The second-order valence-electron chi connectivity index (χ2n) is 5.18. The maximum atomic E-state index is 13.0. The first-order valence-corrected chi connectivity index (χ1v) is 7.67. The highest BCUT2D eigenvalue weighted by atomic mass is 35.5. The first-order chi connectivity index (χ1) is 12.2. The van der Waals surface area contributed by atoms with Crippen molar-refractivity contribution in [3.05, 3.63) is 65.2 Å². The molecule has 4 rings (SSSR count). The van der Waals surface area contributed by atoms with Gasteiger partial charge in [-0.3, -0.25) is 0 Å². The van der Waals surface area contributed by atoms with Crippen LogP contribution in [-0.2, 0) is 6.54 Å². The Balaban J connectivity index is 1.52. The van der Waals surface area contributed by atoms with Crippen LogP contribution in [0.4, 0.5) is 4.39 Å². The standard InChI is InChI=1S/C16H10ClFN6O/c17-12-3-1-2-11(8-12)15-20-23-24(21-15)9-14-19-16(25-22-14)10-4-6-13(18)7-5-10/h1-8H,9H2. The minimum absolute atomic E-state index is 0.193. The van der Waals surface area contributed by atoms with E-state index < -0.39 is 0 Å². The highest BCUT2D eigenvalue weighted by molar-refractivity contribution is 6.30. The van der Waals surface area contributed by atoms with Gasteiger partial charge in [-0.05, 0) is 41.6 Å². The fourth-order valence-electron chi connectivity index (χ4n) is 2.21.